The SMILES string of the molecule is CC(C)[C@@H]1OCC[C@@H]1C(=O)N[C@@H](C)c1cccc(S(N)(=O)=O)c1. The highest BCUT2D eigenvalue weighted by molar-refractivity contribution is 7.89. The molecule has 1 aromatic rings. The van der Waals surface area contributed by atoms with E-state index in [0.29, 0.717) is 18.6 Å². The third kappa shape index (κ3) is 4.31. The van der Waals surface area contributed by atoms with Gasteiger partial charge in [-0.1, -0.05) is 26.0 Å². The Morgan fingerprint density at radius 1 is 1.35 bits per heavy atom. The van der Waals surface area contributed by atoms with E-state index in [4.69, 9.17) is 9.88 Å². The second-order valence-corrected chi connectivity index (χ2v) is 7.88. The summed E-state index contributed by atoms with van der Waals surface area (Å²) >= 11 is 0. The smallest absolute Gasteiger partial charge is 0.238 e. The molecule has 0 unspecified atom stereocenters. The van der Waals surface area contributed by atoms with Gasteiger partial charge in [0.1, 0.15) is 0 Å². The van der Waals surface area contributed by atoms with Gasteiger partial charge in [-0.15, -0.1) is 0 Å². The lowest BCUT2D eigenvalue weighted by molar-refractivity contribution is -0.128. The van der Waals surface area contributed by atoms with Crippen LogP contribution >= 0.6 is 0 Å². The molecular formula is C16H24N2O4S. The molecule has 0 radical (unpaired) electrons. The van der Waals surface area contributed by atoms with Gasteiger partial charge in [0.15, 0.2) is 0 Å². The first-order valence-corrected chi connectivity index (χ1v) is 9.29. The predicted octanol–water partition coefficient (Wildman–Crippen LogP) is 1.57. The number of sulfonamides is 1. The molecule has 0 saturated carbocycles. The quantitative estimate of drug-likeness (QED) is 0.850. The van der Waals surface area contributed by atoms with Crippen LogP contribution in [-0.4, -0.2) is 27.0 Å². The van der Waals surface area contributed by atoms with Gasteiger partial charge in [0.05, 0.1) is 23.0 Å². The Bertz CT molecular complexity index is 672. The number of rotatable bonds is 5. The average Bonchev–Trinajstić information content (AvgIpc) is 2.96. The standard InChI is InChI=1S/C16H24N2O4S/c1-10(2)15-14(7-8-22-15)16(19)18-11(3)12-5-4-6-13(9-12)23(17,20)21/h4-6,9-11,14-15H,7-8H2,1-3H3,(H,18,19)(H2,17,20,21)/t11-,14-,15-/m0/s1. The van der Waals surface area contributed by atoms with Crippen LogP contribution in [0.15, 0.2) is 29.2 Å². The molecular weight excluding hydrogens is 316 g/mol. The van der Waals surface area contributed by atoms with Gasteiger partial charge < -0.3 is 10.1 Å². The van der Waals surface area contributed by atoms with Crippen molar-refractivity contribution in [2.75, 3.05) is 6.61 Å². The van der Waals surface area contributed by atoms with Crippen molar-refractivity contribution >= 4 is 15.9 Å². The van der Waals surface area contributed by atoms with E-state index in [0.717, 1.165) is 0 Å². The lowest BCUT2D eigenvalue weighted by Crippen LogP contribution is -2.38. The Balaban J connectivity index is 2.10. The maximum Gasteiger partial charge on any atom is 0.238 e. The van der Waals surface area contributed by atoms with Gasteiger partial charge in [-0.2, -0.15) is 0 Å². The fourth-order valence-corrected chi connectivity index (χ4v) is 3.48. The minimum atomic E-state index is -3.76. The van der Waals surface area contributed by atoms with Gasteiger partial charge >= 0.3 is 0 Å². The lowest BCUT2D eigenvalue weighted by atomic mass is 9.92. The van der Waals surface area contributed by atoms with Gasteiger partial charge in [-0.25, -0.2) is 13.6 Å². The van der Waals surface area contributed by atoms with Crippen LogP contribution in [0.5, 0.6) is 0 Å². The molecule has 0 bridgehead atoms. The number of hydrogen-bond acceptors (Lipinski definition) is 4. The predicted molar refractivity (Wildman–Crippen MR) is 87.1 cm³/mol. The van der Waals surface area contributed by atoms with Crippen LogP contribution < -0.4 is 10.5 Å². The molecule has 3 atom stereocenters. The van der Waals surface area contributed by atoms with Crippen molar-refractivity contribution in [3.63, 3.8) is 0 Å². The van der Waals surface area contributed by atoms with Crippen LogP contribution in [0.4, 0.5) is 0 Å². The fraction of sp³-hybridized carbons (Fsp3) is 0.562. The number of carbonyl (C=O) groups is 1. The molecule has 128 valence electrons. The van der Waals surface area contributed by atoms with E-state index >= 15 is 0 Å². The molecule has 2 rings (SSSR count). The number of nitrogens with one attached hydrogen (secondary N) is 1. The van der Waals surface area contributed by atoms with Gasteiger partial charge in [0.2, 0.25) is 15.9 Å². The molecule has 23 heavy (non-hydrogen) atoms. The minimum absolute atomic E-state index is 0.0420. The normalized spacial score (nSPS) is 23.0. The van der Waals surface area contributed by atoms with E-state index in [-0.39, 0.29) is 34.8 Å². The molecule has 1 heterocycles. The summed E-state index contributed by atoms with van der Waals surface area (Å²) in [5.41, 5.74) is 0.699. The van der Waals surface area contributed by atoms with E-state index in [9.17, 15) is 13.2 Å². The molecule has 1 aliphatic rings. The van der Waals surface area contributed by atoms with Crippen molar-refractivity contribution in [1.82, 2.24) is 5.32 Å². The zero-order valence-electron chi connectivity index (χ0n) is 13.7. The molecule has 1 aliphatic heterocycles. The summed E-state index contributed by atoms with van der Waals surface area (Å²) < 4.78 is 28.5. The third-order valence-electron chi connectivity index (χ3n) is 4.17. The summed E-state index contributed by atoms with van der Waals surface area (Å²) in [5.74, 6) is 0.0443. The highest BCUT2D eigenvalue weighted by Gasteiger charge is 2.36. The number of ether oxygens (including phenoxy) is 1. The molecule has 0 spiro atoms. The number of nitrogens with two attached hydrogens (primary N) is 1. The van der Waals surface area contributed by atoms with Crippen molar-refractivity contribution in [2.24, 2.45) is 17.0 Å². The van der Waals surface area contributed by atoms with E-state index in [2.05, 4.69) is 5.32 Å². The van der Waals surface area contributed by atoms with Crippen molar-refractivity contribution < 1.29 is 17.9 Å². The molecule has 1 fully saturated rings. The fourth-order valence-electron chi connectivity index (χ4n) is 2.91. The number of primary sulfonamides is 1. The summed E-state index contributed by atoms with van der Waals surface area (Å²) in [6.45, 7) is 6.49. The molecule has 0 aromatic heterocycles. The second-order valence-electron chi connectivity index (χ2n) is 6.32. The highest BCUT2D eigenvalue weighted by atomic mass is 32.2. The summed E-state index contributed by atoms with van der Waals surface area (Å²) in [4.78, 5) is 12.5. The van der Waals surface area contributed by atoms with Gasteiger partial charge in [-0.05, 0) is 37.0 Å². The van der Waals surface area contributed by atoms with Crippen LogP contribution in [0.2, 0.25) is 0 Å². The monoisotopic (exact) mass is 340 g/mol. The average molecular weight is 340 g/mol. The second kappa shape index (κ2) is 6.98. The summed E-state index contributed by atoms with van der Waals surface area (Å²) in [5, 5.41) is 8.09. The largest absolute Gasteiger partial charge is 0.377 e. The molecule has 0 aliphatic carbocycles. The van der Waals surface area contributed by atoms with Crippen LogP contribution in [0.25, 0.3) is 0 Å². The summed E-state index contributed by atoms with van der Waals surface area (Å²) in [6, 6.07) is 6.01. The summed E-state index contributed by atoms with van der Waals surface area (Å²) in [7, 11) is -3.76. The molecule has 1 amide bonds. The van der Waals surface area contributed by atoms with Gasteiger partial charge in [-0.3, -0.25) is 4.79 Å². The first-order valence-electron chi connectivity index (χ1n) is 7.75. The number of amides is 1. The Hall–Kier alpha value is -1.44. The first kappa shape index (κ1) is 17.9. The molecule has 1 aromatic carbocycles. The minimum Gasteiger partial charge on any atom is -0.377 e. The van der Waals surface area contributed by atoms with Gasteiger partial charge in [0.25, 0.3) is 0 Å². The van der Waals surface area contributed by atoms with Crippen LogP contribution in [0.1, 0.15) is 38.8 Å². The lowest BCUT2D eigenvalue weighted by Gasteiger charge is -2.23. The van der Waals surface area contributed by atoms with Crippen molar-refractivity contribution in [3.05, 3.63) is 29.8 Å². The number of hydrogen-bond donors (Lipinski definition) is 2. The van der Waals surface area contributed by atoms with E-state index in [1.54, 1.807) is 12.1 Å². The Labute approximate surface area is 137 Å². The highest BCUT2D eigenvalue weighted by Crippen LogP contribution is 2.28. The molecule has 7 heteroatoms. The summed E-state index contributed by atoms with van der Waals surface area (Å²) in [6.07, 6.45) is 0.636. The van der Waals surface area contributed by atoms with Crippen LogP contribution in [-0.2, 0) is 19.6 Å². The molecule has 3 N–H and O–H groups in total. The third-order valence-corrected chi connectivity index (χ3v) is 5.09. The number of benzene rings is 1. The van der Waals surface area contributed by atoms with Crippen molar-refractivity contribution in [3.8, 4) is 0 Å². The zero-order chi connectivity index (χ0) is 17.2. The molecule has 6 nitrogen and oxygen atoms in total. The van der Waals surface area contributed by atoms with E-state index in [1.165, 1.54) is 12.1 Å². The van der Waals surface area contributed by atoms with E-state index < -0.39 is 10.0 Å². The Morgan fingerprint density at radius 3 is 2.65 bits per heavy atom. The maximum atomic E-state index is 12.5. The topological polar surface area (TPSA) is 98.5 Å². The Kier molecular flexibility index (Phi) is 5.44. The van der Waals surface area contributed by atoms with Crippen molar-refractivity contribution in [2.45, 2.75) is 44.2 Å². The molecule has 1 saturated heterocycles. The van der Waals surface area contributed by atoms with Gasteiger partial charge in [0, 0.05) is 6.61 Å². The maximum absolute atomic E-state index is 12.5. The van der Waals surface area contributed by atoms with E-state index in [1.807, 2.05) is 20.8 Å². The van der Waals surface area contributed by atoms with Crippen LogP contribution in [0, 0.1) is 11.8 Å². The Morgan fingerprint density at radius 2 is 2.04 bits per heavy atom. The first-order chi connectivity index (χ1) is 10.7. The van der Waals surface area contributed by atoms with Crippen LogP contribution in [0.3, 0.4) is 0 Å². The number of carbonyl (C=O) groups excluding carboxylic acids is 1. The zero-order valence-corrected chi connectivity index (χ0v) is 14.5. The van der Waals surface area contributed by atoms with Crippen molar-refractivity contribution in [1.29, 1.82) is 0 Å².